The Balaban J connectivity index is 1.42. The van der Waals surface area contributed by atoms with Crippen LogP contribution in [0.15, 0.2) is 72.6 Å². The molecule has 6 heteroatoms. The van der Waals surface area contributed by atoms with E-state index in [-0.39, 0.29) is 11.5 Å². The third kappa shape index (κ3) is 3.96. The van der Waals surface area contributed by atoms with Gasteiger partial charge in [-0.15, -0.1) is 0 Å². The molecule has 0 aliphatic carbocycles. The highest BCUT2D eigenvalue weighted by Crippen LogP contribution is 2.36. The number of nitrogens with zero attached hydrogens (tertiary/aromatic N) is 1. The Morgan fingerprint density at radius 2 is 1.88 bits per heavy atom. The SMILES string of the molecule is CCn1cc(/C=C2/Oc3cc(OCc4ccccc4Cl)ccc3C2=O)c2cc(OC)ccc21. The van der Waals surface area contributed by atoms with Crippen molar-refractivity contribution in [1.82, 2.24) is 4.57 Å². The zero-order valence-electron chi connectivity index (χ0n) is 18.3. The highest BCUT2D eigenvalue weighted by molar-refractivity contribution is 6.31. The van der Waals surface area contributed by atoms with E-state index < -0.39 is 0 Å². The minimum Gasteiger partial charge on any atom is -0.497 e. The van der Waals surface area contributed by atoms with Crippen LogP contribution in [0, 0.1) is 0 Å². The number of aromatic nitrogens is 1. The number of benzene rings is 3. The Hall–Kier alpha value is -3.70. The molecule has 0 radical (unpaired) electrons. The Labute approximate surface area is 196 Å². The molecule has 0 N–H and O–H groups in total. The van der Waals surface area contributed by atoms with Gasteiger partial charge in [-0.1, -0.05) is 29.8 Å². The maximum absolute atomic E-state index is 13.0. The van der Waals surface area contributed by atoms with E-state index in [1.54, 1.807) is 31.4 Å². The predicted octanol–water partition coefficient (Wildman–Crippen LogP) is 6.52. The third-order valence-corrected chi connectivity index (χ3v) is 6.11. The summed E-state index contributed by atoms with van der Waals surface area (Å²) in [6, 6.07) is 18.7. The molecule has 0 amide bonds. The van der Waals surface area contributed by atoms with Crippen LogP contribution in [0.3, 0.4) is 0 Å². The average molecular weight is 460 g/mol. The highest BCUT2D eigenvalue weighted by atomic mass is 35.5. The van der Waals surface area contributed by atoms with Crippen molar-refractivity contribution >= 4 is 34.4 Å². The predicted molar refractivity (Wildman–Crippen MR) is 129 cm³/mol. The van der Waals surface area contributed by atoms with Gasteiger partial charge in [-0.25, -0.2) is 0 Å². The van der Waals surface area contributed by atoms with Crippen molar-refractivity contribution < 1.29 is 19.0 Å². The fraction of sp³-hybridized carbons (Fsp3) is 0.148. The number of carbonyl (C=O) groups excluding carboxylic acids is 1. The van der Waals surface area contributed by atoms with Gasteiger partial charge in [0, 0.05) is 45.9 Å². The van der Waals surface area contributed by atoms with Gasteiger partial charge >= 0.3 is 0 Å². The second-order valence-electron chi connectivity index (χ2n) is 7.73. The number of allylic oxidation sites excluding steroid dienone is 1. The van der Waals surface area contributed by atoms with Gasteiger partial charge in [-0.3, -0.25) is 4.79 Å². The monoisotopic (exact) mass is 459 g/mol. The first kappa shape index (κ1) is 21.2. The van der Waals surface area contributed by atoms with Crippen LogP contribution in [0.5, 0.6) is 17.2 Å². The molecule has 33 heavy (non-hydrogen) atoms. The normalized spacial score (nSPS) is 13.9. The van der Waals surface area contributed by atoms with Gasteiger partial charge in [-0.05, 0) is 49.4 Å². The smallest absolute Gasteiger partial charge is 0.231 e. The van der Waals surface area contributed by atoms with E-state index in [4.69, 9.17) is 25.8 Å². The average Bonchev–Trinajstić information content (AvgIpc) is 3.35. The number of aryl methyl sites for hydroxylation is 1. The molecular weight excluding hydrogens is 438 g/mol. The Bertz CT molecular complexity index is 1400. The van der Waals surface area contributed by atoms with Crippen molar-refractivity contribution in [3.63, 3.8) is 0 Å². The number of hydrogen-bond acceptors (Lipinski definition) is 4. The molecule has 0 unspecified atom stereocenters. The lowest BCUT2D eigenvalue weighted by Crippen LogP contribution is -1.98. The first-order valence-corrected chi connectivity index (χ1v) is 11.1. The van der Waals surface area contributed by atoms with Gasteiger partial charge in [0.05, 0.1) is 12.7 Å². The first-order valence-electron chi connectivity index (χ1n) is 10.7. The van der Waals surface area contributed by atoms with Crippen molar-refractivity contribution in [2.45, 2.75) is 20.1 Å². The minimum atomic E-state index is -0.150. The largest absolute Gasteiger partial charge is 0.497 e. The van der Waals surface area contributed by atoms with Crippen LogP contribution in [-0.2, 0) is 13.2 Å². The van der Waals surface area contributed by atoms with Gasteiger partial charge < -0.3 is 18.8 Å². The van der Waals surface area contributed by atoms with E-state index in [9.17, 15) is 4.79 Å². The summed E-state index contributed by atoms with van der Waals surface area (Å²) < 4.78 is 19.3. The summed E-state index contributed by atoms with van der Waals surface area (Å²) in [6.07, 6.45) is 3.81. The molecule has 0 saturated heterocycles. The van der Waals surface area contributed by atoms with Crippen molar-refractivity contribution in [2.75, 3.05) is 7.11 Å². The van der Waals surface area contributed by atoms with Crippen molar-refractivity contribution in [3.05, 3.63) is 94.3 Å². The number of Topliss-reactive ketones (excluding diaryl/α,β-unsaturated/α-hetero) is 1. The summed E-state index contributed by atoms with van der Waals surface area (Å²) in [4.78, 5) is 13.0. The standard InChI is InChI=1S/C27H22ClNO4/c1-3-29-15-18(22-13-19(31-2)9-11-24(22)29)12-26-27(30)21-10-8-20(14-25(21)33-26)32-16-17-6-4-5-7-23(17)28/h4-15H,3,16H2,1-2H3/b26-12+. The van der Waals surface area contributed by atoms with E-state index in [2.05, 4.69) is 11.5 Å². The molecule has 0 bridgehead atoms. The number of fused-ring (bicyclic) bond motifs is 2. The van der Waals surface area contributed by atoms with Crippen LogP contribution in [0.1, 0.15) is 28.4 Å². The van der Waals surface area contributed by atoms with Crippen LogP contribution in [-0.4, -0.2) is 17.5 Å². The highest BCUT2D eigenvalue weighted by Gasteiger charge is 2.28. The van der Waals surface area contributed by atoms with Crippen molar-refractivity contribution in [1.29, 1.82) is 0 Å². The minimum absolute atomic E-state index is 0.150. The summed E-state index contributed by atoms with van der Waals surface area (Å²) in [5.74, 6) is 1.99. The summed E-state index contributed by atoms with van der Waals surface area (Å²) >= 11 is 6.21. The lowest BCUT2D eigenvalue weighted by molar-refractivity contribution is 0.101. The molecule has 0 spiro atoms. The second-order valence-corrected chi connectivity index (χ2v) is 8.14. The molecule has 1 aromatic heterocycles. The molecule has 1 aliphatic rings. The Morgan fingerprint density at radius 1 is 1.06 bits per heavy atom. The van der Waals surface area contributed by atoms with Crippen LogP contribution >= 0.6 is 11.6 Å². The topological polar surface area (TPSA) is 49.7 Å². The molecule has 4 aromatic rings. The number of carbonyl (C=O) groups is 1. The number of methoxy groups -OCH3 is 1. The molecule has 0 saturated carbocycles. The van der Waals surface area contributed by atoms with E-state index in [1.165, 1.54) is 0 Å². The van der Waals surface area contributed by atoms with E-state index in [0.717, 1.165) is 34.3 Å². The van der Waals surface area contributed by atoms with E-state index in [1.807, 2.05) is 48.7 Å². The summed E-state index contributed by atoms with van der Waals surface area (Å²) in [5, 5.41) is 1.65. The van der Waals surface area contributed by atoms with Crippen LogP contribution in [0.25, 0.3) is 17.0 Å². The lowest BCUT2D eigenvalue weighted by Gasteiger charge is -2.08. The quantitative estimate of drug-likeness (QED) is 0.308. The molecule has 0 atom stereocenters. The zero-order chi connectivity index (χ0) is 22.9. The number of rotatable bonds is 6. The Kier molecular flexibility index (Phi) is 5.56. The Morgan fingerprint density at radius 3 is 2.67 bits per heavy atom. The number of halogens is 1. The second kappa shape index (κ2) is 8.68. The van der Waals surface area contributed by atoms with Crippen LogP contribution in [0.2, 0.25) is 5.02 Å². The van der Waals surface area contributed by atoms with Gasteiger partial charge in [0.1, 0.15) is 23.9 Å². The lowest BCUT2D eigenvalue weighted by atomic mass is 10.1. The van der Waals surface area contributed by atoms with Gasteiger partial charge in [0.25, 0.3) is 0 Å². The molecular formula is C27H22ClNO4. The summed E-state index contributed by atoms with van der Waals surface area (Å²) in [7, 11) is 1.64. The third-order valence-electron chi connectivity index (χ3n) is 5.74. The van der Waals surface area contributed by atoms with Gasteiger partial charge in [0.15, 0.2) is 5.76 Å². The van der Waals surface area contributed by atoms with Crippen molar-refractivity contribution in [2.24, 2.45) is 0 Å². The molecule has 0 fully saturated rings. The zero-order valence-corrected chi connectivity index (χ0v) is 19.1. The van der Waals surface area contributed by atoms with Crippen molar-refractivity contribution in [3.8, 4) is 17.2 Å². The molecule has 5 nitrogen and oxygen atoms in total. The van der Waals surface area contributed by atoms with Crippen LogP contribution in [0.4, 0.5) is 0 Å². The maximum Gasteiger partial charge on any atom is 0.231 e. The van der Waals surface area contributed by atoms with Crippen LogP contribution < -0.4 is 14.2 Å². The molecule has 5 rings (SSSR count). The molecule has 2 heterocycles. The number of hydrogen-bond donors (Lipinski definition) is 0. The number of ether oxygens (including phenoxy) is 3. The fourth-order valence-corrected chi connectivity index (χ4v) is 4.17. The number of ketones is 1. The van der Waals surface area contributed by atoms with Gasteiger partial charge in [0.2, 0.25) is 5.78 Å². The summed E-state index contributed by atoms with van der Waals surface area (Å²) in [6.45, 7) is 3.22. The van der Waals surface area contributed by atoms with Gasteiger partial charge in [-0.2, -0.15) is 0 Å². The first-order chi connectivity index (χ1) is 16.1. The van der Waals surface area contributed by atoms with E-state index >= 15 is 0 Å². The van der Waals surface area contributed by atoms with E-state index in [0.29, 0.717) is 28.7 Å². The maximum atomic E-state index is 13.0. The summed E-state index contributed by atoms with van der Waals surface area (Å²) in [5.41, 5.74) is 3.38. The molecule has 3 aromatic carbocycles. The molecule has 166 valence electrons. The fourth-order valence-electron chi connectivity index (χ4n) is 3.98. The molecule has 1 aliphatic heterocycles.